The van der Waals surface area contributed by atoms with Crippen LogP contribution in [-0.2, 0) is 16.6 Å². The number of sulfonamides is 1. The molecule has 7 nitrogen and oxygen atoms in total. The average molecular weight is 459 g/mol. The van der Waals surface area contributed by atoms with E-state index in [1.807, 2.05) is 32.0 Å². The van der Waals surface area contributed by atoms with E-state index in [1.54, 1.807) is 33.5 Å². The standard InChI is InChI=1S/C24H30N2O5S/c1-3-25(17-19-7-12-22-23(16-19)31-15-14-30-22)24(27)20-8-10-21(11-9-20)32(28,29)26-13-5-4-6-18(26)2/h7-12,16,18H,3-6,13-15,17H2,1-2H3/t18-/m1/s1. The van der Waals surface area contributed by atoms with E-state index in [4.69, 9.17) is 9.47 Å². The Morgan fingerprint density at radius 1 is 1.06 bits per heavy atom. The number of hydrogen-bond acceptors (Lipinski definition) is 5. The number of carbonyl (C=O) groups excluding carboxylic acids is 1. The Hall–Kier alpha value is -2.58. The molecule has 0 radical (unpaired) electrons. The molecule has 0 unspecified atom stereocenters. The predicted octanol–water partition coefficient (Wildman–Crippen LogP) is 3.68. The minimum atomic E-state index is -3.55. The summed E-state index contributed by atoms with van der Waals surface area (Å²) in [5.41, 5.74) is 1.41. The molecule has 0 saturated carbocycles. The first-order chi connectivity index (χ1) is 15.4. The summed E-state index contributed by atoms with van der Waals surface area (Å²) in [6.07, 6.45) is 2.81. The van der Waals surface area contributed by atoms with Crippen LogP contribution >= 0.6 is 0 Å². The lowest BCUT2D eigenvalue weighted by Gasteiger charge is -2.32. The van der Waals surface area contributed by atoms with Crippen LogP contribution in [0.4, 0.5) is 0 Å². The fourth-order valence-electron chi connectivity index (χ4n) is 4.25. The molecular formula is C24H30N2O5S. The van der Waals surface area contributed by atoms with E-state index in [0.717, 1.165) is 24.8 Å². The van der Waals surface area contributed by atoms with Crippen LogP contribution < -0.4 is 9.47 Å². The number of ether oxygens (including phenoxy) is 2. The summed E-state index contributed by atoms with van der Waals surface area (Å²) in [5.74, 6) is 1.27. The van der Waals surface area contributed by atoms with E-state index >= 15 is 0 Å². The molecular weight excluding hydrogens is 428 g/mol. The monoisotopic (exact) mass is 458 g/mol. The van der Waals surface area contributed by atoms with Gasteiger partial charge in [0.1, 0.15) is 13.2 Å². The van der Waals surface area contributed by atoms with E-state index in [0.29, 0.717) is 49.9 Å². The second kappa shape index (κ2) is 9.50. The average Bonchev–Trinajstić information content (AvgIpc) is 2.82. The summed E-state index contributed by atoms with van der Waals surface area (Å²) in [5, 5.41) is 0. The summed E-state index contributed by atoms with van der Waals surface area (Å²) < 4.78 is 38.8. The lowest BCUT2D eigenvalue weighted by atomic mass is 10.1. The second-order valence-electron chi connectivity index (χ2n) is 8.28. The van der Waals surface area contributed by atoms with Crippen LogP contribution in [0.2, 0.25) is 0 Å². The van der Waals surface area contributed by atoms with Gasteiger partial charge in [0.2, 0.25) is 10.0 Å². The summed E-state index contributed by atoms with van der Waals surface area (Å²) >= 11 is 0. The van der Waals surface area contributed by atoms with Crippen molar-refractivity contribution in [1.29, 1.82) is 0 Å². The highest BCUT2D eigenvalue weighted by molar-refractivity contribution is 7.89. The molecule has 1 fully saturated rings. The van der Waals surface area contributed by atoms with Crippen LogP contribution in [0.5, 0.6) is 11.5 Å². The van der Waals surface area contributed by atoms with Crippen molar-refractivity contribution in [3.63, 3.8) is 0 Å². The molecule has 32 heavy (non-hydrogen) atoms. The lowest BCUT2D eigenvalue weighted by molar-refractivity contribution is 0.0752. The molecule has 0 aliphatic carbocycles. The Morgan fingerprint density at radius 3 is 2.47 bits per heavy atom. The molecule has 0 N–H and O–H groups in total. The number of fused-ring (bicyclic) bond motifs is 1. The van der Waals surface area contributed by atoms with E-state index in [-0.39, 0.29) is 16.8 Å². The second-order valence-corrected chi connectivity index (χ2v) is 10.2. The molecule has 2 aliphatic rings. The van der Waals surface area contributed by atoms with Gasteiger partial charge in [-0.25, -0.2) is 8.42 Å². The van der Waals surface area contributed by atoms with Crippen LogP contribution in [0.1, 0.15) is 49.0 Å². The molecule has 2 heterocycles. The van der Waals surface area contributed by atoms with E-state index < -0.39 is 10.0 Å². The van der Waals surface area contributed by atoms with Crippen LogP contribution in [0.3, 0.4) is 0 Å². The molecule has 1 amide bonds. The van der Waals surface area contributed by atoms with Crippen molar-refractivity contribution in [2.24, 2.45) is 0 Å². The SMILES string of the molecule is CCN(Cc1ccc2c(c1)OCCO2)C(=O)c1ccc(S(=O)(=O)N2CCCC[C@H]2C)cc1. The van der Waals surface area contributed by atoms with Crippen molar-refractivity contribution < 1.29 is 22.7 Å². The Labute approximate surface area is 190 Å². The first-order valence-corrected chi connectivity index (χ1v) is 12.6. The normalized spacial score (nSPS) is 18.9. The van der Waals surface area contributed by atoms with Crippen molar-refractivity contribution in [2.45, 2.75) is 50.6 Å². The van der Waals surface area contributed by atoms with Gasteiger partial charge in [-0.1, -0.05) is 12.5 Å². The third-order valence-electron chi connectivity index (χ3n) is 6.10. The number of hydrogen-bond donors (Lipinski definition) is 0. The zero-order chi connectivity index (χ0) is 22.7. The Balaban J connectivity index is 1.48. The van der Waals surface area contributed by atoms with Gasteiger partial charge in [-0.15, -0.1) is 0 Å². The van der Waals surface area contributed by atoms with Gasteiger partial charge in [0.15, 0.2) is 11.5 Å². The predicted molar refractivity (Wildman–Crippen MR) is 121 cm³/mol. The van der Waals surface area contributed by atoms with Crippen molar-refractivity contribution >= 4 is 15.9 Å². The molecule has 4 rings (SSSR count). The number of amides is 1. The third-order valence-corrected chi connectivity index (χ3v) is 8.13. The first kappa shape index (κ1) is 22.6. The molecule has 8 heteroatoms. The molecule has 0 bridgehead atoms. The highest BCUT2D eigenvalue weighted by atomic mass is 32.2. The zero-order valence-electron chi connectivity index (χ0n) is 18.6. The van der Waals surface area contributed by atoms with Gasteiger partial charge in [0, 0.05) is 31.2 Å². The zero-order valence-corrected chi connectivity index (χ0v) is 19.4. The van der Waals surface area contributed by atoms with Gasteiger partial charge in [-0.2, -0.15) is 4.31 Å². The Kier molecular flexibility index (Phi) is 6.71. The van der Waals surface area contributed by atoms with Crippen molar-refractivity contribution in [3.8, 4) is 11.5 Å². The van der Waals surface area contributed by atoms with Crippen LogP contribution in [-0.4, -0.2) is 55.9 Å². The molecule has 1 saturated heterocycles. The molecule has 2 aliphatic heterocycles. The highest BCUT2D eigenvalue weighted by Crippen LogP contribution is 2.31. The fourth-order valence-corrected chi connectivity index (χ4v) is 5.95. The van der Waals surface area contributed by atoms with Gasteiger partial charge in [-0.3, -0.25) is 4.79 Å². The maximum absolute atomic E-state index is 13.1. The molecule has 2 aromatic carbocycles. The number of nitrogens with zero attached hydrogens (tertiary/aromatic N) is 2. The van der Waals surface area contributed by atoms with Crippen LogP contribution in [0.15, 0.2) is 47.4 Å². The highest BCUT2D eigenvalue weighted by Gasteiger charge is 2.31. The summed E-state index contributed by atoms with van der Waals surface area (Å²) in [4.78, 5) is 15.1. The number of rotatable bonds is 6. The number of piperidine rings is 1. The summed E-state index contributed by atoms with van der Waals surface area (Å²) in [6, 6.07) is 12.0. The van der Waals surface area contributed by atoms with Crippen molar-refractivity contribution in [1.82, 2.24) is 9.21 Å². The van der Waals surface area contributed by atoms with Crippen LogP contribution in [0.25, 0.3) is 0 Å². The first-order valence-electron chi connectivity index (χ1n) is 11.2. The minimum absolute atomic E-state index is 0.00311. The Bertz CT molecular complexity index is 1070. The Morgan fingerprint density at radius 2 is 1.78 bits per heavy atom. The molecule has 1 atom stereocenters. The fraction of sp³-hybridized carbons (Fsp3) is 0.458. The third kappa shape index (κ3) is 4.61. The quantitative estimate of drug-likeness (QED) is 0.660. The summed E-state index contributed by atoms with van der Waals surface area (Å²) in [7, 11) is -3.55. The summed E-state index contributed by atoms with van der Waals surface area (Å²) in [6.45, 7) is 6.42. The van der Waals surface area contributed by atoms with Crippen molar-refractivity contribution in [3.05, 3.63) is 53.6 Å². The van der Waals surface area contributed by atoms with E-state index in [1.165, 1.54) is 0 Å². The van der Waals surface area contributed by atoms with Gasteiger partial charge >= 0.3 is 0 Å². The topological polar surface area (TPSA) is 76.1 Å². The maximum atomic E-state index is 13.1. The van der Waals surface area contributed by atoms with Gasteiger partial charge < -0.3 is 14.4 Å². The van der Waals surface area contributed by atoms with E-state index in [2.05, 4.69) is 0 Å². The largest absolute Gasteiger partial charge is 0.486 e. The smallest absolute Gasteiger partial charge is 0.254 e. The maximum Gasteiger partial charge on any atom is 0.254 e. The van der Waals surface area contributed by atoms with Crippen LogP contribution in [0, 0.1) is 0 Å². The molecule has 2 aromatic rings. The van der Waals surface area contributed by atoms with Crippen molar-refractivity contribution in [2.75, 3.05) is 26.3 Å². The van der Waals surface area contributed by atoms with Gasteiger partial charge in [0.25, 0.3) is 5.91 Å². The van der Waals surface area contributed by atoms with Gasteiger partial charge in [-0.05, 0) is 68.7 Å². The minimum Gasteiger partial charge on any atom is -0.486 e. The number of carbonyl (C=O) groups is 1. The van der Waals surface area contributed by atoms with Gasteiger partial charge in [0.05, 0.1) is 4.90 Å². The molecule has 0 aromatic heterocycles. The number of benzene rings is 2. The molecule has 172 valence electrons. The van der Waals surface area contributed by atoms with E-state index in [9.17, 15) is 13.2 Å². The lowest BCUT2D eigenvalue weighted by Crippen LogP contribution is -2.41. The molecule has 0 spiro atoms.